The van der Waals surface area contributed by atoms with Gasteiger partial charge < -0.3 is 4.74 Å². The number of benzene rings is 2. The zero-order chi connectivity index (χ0) is 12.8. The van der Waals surface area contributed by atoms with Gasteiger partial charge in [-0.2, -0.15) is 0 Å². The Hall–Kier alpha value is -1.74. The van der Waals surface area contributed by atoms with Crippen molar-refractivity contribution in [2.24, 2.45) is 0 Å². The molecule has 0 saturated carbocycles. The van der Waals surface area contributed by atoms with Crippen molar-refractivity contribution in [1.29, 1.82) is 0 Å². The van der Waals surface area contributed by atoms with Gasteiger partial charge in [0.1, 0.15) is 11.9 Å². The maximum Gasteiger partial charge on any atom is 0.177 e. The number of ketones is 1. The van der Waals surface area contributed by atoms with Gasteiger partial charge in [0.15, 0.2) is 5.78 Å². The lowest BCUT2D eigenvalue weighted by Crippen LogP contribution is -2.39. The van der Waals surface area contributed by atoms with E-state index < -0.39 is 0 Å². The molecular weight excluding hydrogens is 256 g/mol. The van der Waals surface area contributed by atoms with Crippen molar-refractivity contribution >= 4 is 17.5 Å². The van der Waals surface area contributed by atoms with Crippen molar-refractivity contribution in [3.63, 3.8) is 0 Å². The molecule has 2 nitrogen and oxygen atoms in total. The van der Waals surface area contributed by atoms with E-state index in [4.69, 9.17) is 4.74 Å². The lowest BCUT2D eigenvalue weighted by Gasteiger charge is -2.36. The molecular formula is C16H12O2S. The van der Waals surface area contributed by atoms with Crippen molar-refractivity contribution in [1.82, 2.24) is 0 Å². The zero-order valence-corrected chi connectivity index (χ0v) is 11.0. The van der Waals surface area contributed by atoms with Crippen LogP contribution in [0.4, 0.5) is 0 Å². The standard InChI is InChI=1S/C16H12O2S/c17-16-10-5-1-3-7-12(10)18-13-9-19-14-8-4-2-6-11(14)15(13)16/h1-8,13,15H,9H2/t13-,15+/m1/s1. The Morgan fingerprint density at radius 1 is 1.05 bits per heavy atom. The molecule has 0 N–H and O–H groups in total. The van der Waals surface area contributed by atoms with E-state index in [-0.39, 0.29) is 17.8 Å². The Kier molecular flexibility index (Phi) is 2.42. The highest BCUT2D eigenvalue weighted by Gasteiger charge is 2.41. The molecule has 2 heterocycles. The van der Waals surface area contributed by atoms with Crippen molar-refractivity contribution < 1.29 is 9.53 Å². The largest absolute Gasteiger partial charge is 0.488 e. The smallest absolute Gasteiger partial charge is 0.177 e. The molecule has 0 amide bonds. The molecule has 0 fully saturated rings. The SMILES string of the molecule is O=C1c2ccccc2O[C@@H]2CSc3ccccc3[C@H]12. The number of Topliss-reactive ketones (excluding diaryl/α,β-unsaturated/α-hetero) is 1. The molecule has 94 valence electrons. The van der Waals surface area contributed by atoms with Crippen LogP contribution in [0, 0.1) is 0 Å². The van der Waals surface area contributed by atoms with Crippen LogP contribution in [0.25, 0.3) is 0 Å². The molecule has 0 bridgehead atoms. The number of hydrogen-bond acceptors (Lipinski definition) is 3. The second-order valence-electron chi connectivity index (χ2n) is 4.84. The monoisotopic (exact) mass is 268 g/mol. The predicted octanol–water partition coefficient (Wildman–Crippen LogP) is 3.52. The molecule has 0 radical (unpaired) electrons. The highest BCUT2D eigenvalue weighted by Crippen LogP contribution is 2.44. The molecule has 4 rings (SSSR count). The molecule has 0 spiro atoms. The minimum absolute atomic E-state index is 0.0395. The van der Waals surface area contributed by atoms with E-state index in [2.05, 4.69) is 6.07 Å². The molecule has 2 aromatic rings. The number of para-hydroxylation sites is 1. The Labute approximate surface area is 115 Å². The number of thioether (sulfide) groups is 1. The summed E-state index contributed by atoms with van der Waals surface area (Å²) < 4.78 is 6.02. The summed E-state index contributed by atoms with van der Waals surface area (Å²) in [6.45, 7) is 0. The molecule has 2 aliphatic heterocycles. The average molecular weight is 268 g/mol. The summed E-state index contributed by atoms with van der Waals surface area (Å²) in [5.74, 6) is 1.61. The van der Waals surface area contributed by atoms with E-state index in [0.717, 1.165) is 17.1 Å². The van der Waals surface area contributed by atoms with Crippen LogP contribution >= 0.6 is 11.8 Å². The first-order valence-corrected chi connectivity index (χ1v) is 7.35. The fourth-order valence-corrected chi connectivity index (χ4v) is 3.99. The molecule has 0 saturated heterocycles. The second kappa shape index (κ2) is 4.14. The van der Waals surface area contributed by atoms with Crippen LogP contribution in [0.15, 0.2) is 53.4 Å². The normalized spacial score (nSPS) is 23.9. The topological polar surface area (TPSA) is 26.3 Å². The Balaban J connectivity index is 1.87. The zero-order valence-electron chi connectivity index (χ0n) is 10.2. The van der Waals surface area contributed by atoms with Crippen LogP contribution in [-0.4, -0.2) is 17.6 Å². The quantitative estimate of drug-likeness (QED) is 0.731. The third-order valence-corrected chi connectivity index (χ3v) is 4.92. The third kappa shape index (κ3) is 1.61. The number of carbonyl (C=O) groups is 1. The summed E-state index contributed by atoms with van der Waals surface area (Å²) in [6.07, 6.45) is -0.0395. The number of fused-ring (bicyclic) bond motifs is 4. The maximum atomic E-state index is 12.7. The second-order valence-corrected chi connectivity index (χ2v) is 5.91. The number of rotatable bonds is 0. The minimum Gasteiger partial charge on any atom is -0.488 e. The first kappa shape index (κ1) is 11.1. The summed E-state index contributed by atoms with van der Waals surface area (Å²) in [5, 5.41) is 0. The first-order valence-electron chi connectivity index (χ1n) is 6.36. The van der Waals surface area contributed by atoms with Gasteiger partial charge in [-0.1, -0.05) is 30.3 Å². The summed E-state index contributed by atoms with van der Waals surface area (Å²) >= 11 is 1.77. The molecule has 0 aromatic heterocycles. The van der Waals surface area contributed by atoms with Gasteiger partial charge in [-0.3, -0.25) is 4.79 Å². The van der Waals surface area contributed by atoms with Crippen molar-refractivity contribution in [3.05, 3.63) is 59.7 Å². The average Bonchev–Trinajstić information content (AvgIpc) is 2.47. The molecule has 2 aliphatic rings. The molecule has 19 heavy (non-hydrogen) atoms. The maximum absolute atomic E-state index is 12.7. The van der Waals surface area contributed by atoms with Crippen molar-refractivity contribution in [2.45, 2.75) is 16.9 Å². The molecule has 0 aliphatic carbocycles. The van der Waals surface area contributed by atoms with E-state index in [0.29, 0.717) is 5.56 Å². The van der Waals surface area contributed by atoms with Crippen LogP contribution in [0.2, 0.25) is 0 Å². The van der Waals surface area contributed by atoms with E-state index in [1.807, 2.05) is 42.5 Å². The Morgan fingerprint density at radius 2 is 1.84 bits per heavy atom. The fourth-order valence-electron chi connectivity index (χ4n) is 2.85. The fraction of sp³-hybridized carbons (Fsp3) is 0.188. The van der Waals surface area contributed by atoms with Gasteiger partial charge in [-0.15, -0.1) is 11.8 Å². The van der Waals surface area contributed by atoms with Gasteiger partial charge in [0.2, 0.25) is 0 Å². The van der Waals surface area contributed by atoms with Gasteiger partial charge in [0, 0.05) is 10.6 Å². The lowest BCUT2D eigenvalue weighted by molar-refractivity contribution is 0.0810. The number of ether oxygens (including phenoxy) is 1. The lowest BCUT2D eigenvalue weighted by atomic mass is 9.84. The summed E-state index contributed by atoms with van der Waals surface area (Å²) in [7, 11) is 0. The summed E-state index contributed by atoms with van der Waals surface area (Å²) in [5.41, 5.74) is 1.83. The van der Waals surface area contributed by atoms with Gasteiger partial charge >= 0.3 is 0 Å². The van der Waals surface area contributed by atoms with Gasteiger partial charge in [-0.25, -0.2) is 0 Å². The van der Waals surface area contributed by atoms with E-state index in [1.54, 1.807) is 11.8 Å². The van der Waals surface area contributed by atoms with Crippen LogP contribution in [0.3, 0.4) is 0 Å². The molecule has 0 unspecified atom stereocenters. The van der Waals surface area contributed by atoms with Crippen LogP contribution in [-0.2, 0) is 0 Å². The third-order valence-electron chi connectivity index (χ3n) is 3.74. The van der Waals surface area contributed by atoms with Gasteiger partial charge in [0.05, 0.1) is 11.5 Å². The molecule has 3 heteroatoms. The van der Waals surface area contributed by atoms with Crippen LogP contribution in [0.5, 0.6) is 5.75 Å². The first-order chi connectivity index (χ1) is 9.34. The number of carbonyl (C=O) groups excluding carboxylic acids is 1. The van der Waals surface area contributed by atoms with Crippen LogP contribution in [0.1, 0.15) is 21.8 Å². The minimum atomic E-state index is -0.146. The van der Waals surface area contributed by atoms with Gasteiger partial charge in [0.25, 0.3) is 0 Å². The highest BCUT2D eigenvalue weighted by atomic mass is 32.2. The van der Waals surface area contributed by atoms with Crippen LogP contribution < -0.4 is 4.74 Å². The summed E-state index contributed by atoms with van der Waals surface area (Å²) in [4.78, 5) is 13.9. The summed E-state index contributed by atoms with van der Waals surface area (Å²) in [6, 6.07) is 15.7. The van der Waals surface area contributed by atoms with E-state index in [1.165, 1.54) is 4.90 Å². The van der Waals surface area contributed by atoms with E-state index >= 15 is 0 Å². The van der Waals surface area contributed by atoms with Crippen molar-refractivity contribution in [3.8, 4) is 5.75 Å². The molecule has 2 aromatic carbocycles. The van der Waals surface area contributed by atoms with Crippen molar-refractivity contribution in [2.75, 3.05) is 5.75 Å². The predicted molar refractivity (Wildman–Crippen MR) is 75.1 cm³/mol. The number of hydrogen-bond donors (Lipinski definition) is 0. The highest BCUT2D eigenvalue weighted by molar-refractivity contribution is 7.99. The molecule has 2 atom stereocenters. The van der Waals surface area contributed by atoms with Gasteiger partial charge in [-0.05, 0) is 23.8 Å². The van der Waals surface area contributed by atoms with E-state index in [9.17, 15) is 4.79 Å². The Morgan fingerprint density at radius 3 is 2.79 bits per heavy atom. The Bertz CT molecular complexity index is 665.